The van der Waals surface area contributed by atoms with E-state index in [1.807, 2.05) is 18.2 Å². The molecule has 2 N–H and O–H groups in total. The normalized spacial score (nSPS) is 20.0. The first kappa shape index (κ1) is 15.5. The highest BCUT2D eigenvalue weighted by Crippen LogP contribution is 2.36. The second-order valence-corrected chi connectivity index (χ2v) is 5.87. The first-order chi connectivity index (χ1) is 11.0. The molecule has 0 unspecified atom stereocenters. The van der Waals surface area contributed by atoms with Crippen LogP contribution >= 0.6 is 0 Å². The highest BCUT2D eigenvalue weighted by atomic mass is 16.5. The van der Waals surface area contributed by atoms with Crippen molar-refractivity contribution in [2.45, 2.75) is 24.9 Å². The van der Waals surface area contributed by atoms with Gasteiger partial charge in [0.15, 0.2) is 5.69 Å². The van der Waals surface area contributed by atoms with Crippen molar-refractivity contribution in [2.75, 3.05) is 13.7 Å². The Balaban J connectivity index is 1.76. The molecule has 1 amide bonds. The molecule has 1 heterocycles. The average molecular weight is 316 g/mol. The Labute approximate surface area is 134 Å². The number of aryl methyl sites for hydroxylation is 2. The topological polar surface area (TPSA) is 89.3 Å². The SMILES string of the molecule is COc1ccc2c(c1)CCC[C@]2(O)CNC(=O)c1cn(C)nn1. The van der Waals surface area contributed by atoms with E-state index in [1.165, 1.54) is 4.68 Å². The molecule has 1 aliphatic rings. The maximum absolute atomic E-state index is 12.1. The van der Waals surface area contributed by atoms with Crippen molar-refractivity contribution < 1.29 is 14.6 Å². The highest BCUT2D eigenvalue weighted by molar-refractivity contribution is 5.91. The second-order valence-electron chi connectivity index (χ2n) is 5.87. The molecule has 122 valence electrons. The number of rotatable bonds is 4. The molecule has 23 heavy (non-hydrogen) atoms. The van der Waals surface area contributed by atoms with E-state index in [4.69, 9.17) is 4.74 Å². The van der Waals surface area contributed by atoms with Crippen molar-refractivity contribution in [1.82, 2.24) is 20.3 Å². The number of aromatic nitrogens is 3. The van der Waals surface area contributed by atoms with E-state index in [-0.39, 0.29) is 18.1 Å². The van der Waals surface area contributed by atoms with Gasteiger partial charge in [0.1, 0.15) is 11.4 Å². The summed E-state index contributed by atoms with van der Waals surface area (Å²) >= 11 is 0. The number of hydrogen-bond donors (Lipinski definition) is 2. The zero-order valence-electron chi connectivity index (χ0n) is 13.2. The number of benzene rings is 1. The van der Waals surface area contributed by atoms with E-state index >= 15 is 0 Å². The Bertz CT molecular complexity index is 728. The molecule has 1 atom stereocenters. The van der Waals surface area contributed by atoms with Crippen molar-refractivity contribution in [2.24, 2.45) is 7.05 Å². The van der Waals surface area contributed by atoms with Crippen molar-refractivity contribution in [3.05, 3.63) is 41.2 Å². The number of nitrogens with zero attached hydrogens (tertiary/aromatic N) is 3. The first-order valence-corrected chi connectivity index (χ1v) is 7.56. The molecule has 0 radical (unpaired) electrons. The van der Waals surface area contributed by atoms with Crippen molar-refractivity contribution in [3.8, 4) is 5.75 Å². The summed E-state index contributed by atoms with van der Waals surface area (Å²) in [6.45, 7) is 0.141. The molecule has 1 aliphatic carbocycles. The van der Waals surface area contributed by atoms with Crippen LogP contribution in [-0.4, -0.2) is 39.7 Å². The maximum atomic E-state index is 12.1. The summed E-state index contributed by atoms with van der Waals surface area (Å²) in [7, 11) is 3.32. The summed E-state index contributed by atoms with van der Waals surface area (Å²) in [4.78, 5) is 12.1. The lowest BCUT2D eigenvalue weighted by Gasteiger charge is -2.34. The number of aliphatic hydroxyl groups is 1. The fraction of sp³-hybridized carbons (Fsp3) is 0.438. The molecule has 0 aliphatic heterocycles. The maximum Gasteiger partial charge on any atom is 0.273 e. The minimum absolute atomic E-state index is 0.141. The average Bonchev–Trinajstić information content (AvgIpc) is 2.99. The largest absolute Gasteiger partial charge is 0.497 e. The van der Waals surface area contributed by atoms with Crippen LogP contribution in [-0.2, 0) is 19.1 Å². The number of carbonyl (C=O) groups is 1. The minimum Gasteiger partial charge on any atom is -0.497 e. The highest BCUT2D eigenvalue weighted by Gasteiger charge is 2.35. The molecule has 0 saturated carbocycles. The van der Waals surface area contributed by atoms with E-state index in [0.29, 0.717) is 6.42 Å². The van der Waals surface area contributed by atoms with Gasteiger partial charge in [0.2, 0.25) is 0 Å². The summed E-state index contributed by atoms with van der Waals surface area (Å²) in [5.41, 5.74) is 1.08. The van der Waals surface area contributed by atoms with Gasteiger partial charge in [-0.2, -0.15) is 0 Å². The molecular weight excluding hydrogens is 296 g/mol. The van der Waals surface area contributed by atoms with Crippen LogP contribution in [0.3, 0.4) is 0 Å². The lowest BCUT2D eigenvalue weighted by atomic mass is 9.79. The van der Waals surface area contributed by atoms with Gasteiger partial charge >= 0.3 is 0 Å². The minimum atomic E-state index is -1.07. The monoisotopic (exact) mass is 316 g/mol. The van der Waals surface area contributed by atoms with Crippen LogP contribution in [0.1, 0.15) is 34.5 Å². The lowest BCUT2D eigenvalue weighted by molar-refractivity contribution is 0.0188. The van der Waals surface area contributed by atoms with Crippen LogP contribution in [0.15, 0.2) is 24.4 Å². The summed E-state index contributed by atoms with van der Waals surface area (Å²) < 4.78 is 6.70. The lowest BCUT2D eigenvalue weighted by Crippen LogP contribution is -2.43. The molecule has 0 saturated heterocycles. The van der Waals surface area contributed by atoms with E-state index in [9.17, 15) is 9.90 Å². The zero-order valence-corrected chi connectivity index (χ0v) is 13.2. The van der Waals surface area contributed by atoms with Gasteiger partial charge in [-0.05, 0) is 42.5 Å². The zero-order chi connectivity index (χ0) is 16.4. The standard InChI is InChI=1S/C16H20N4O3/c1-20-9-14(18-19-20)15(21)17-10-16(22)7-3-4-11-8-12(23-2)5-6-13(11)16/h5-6,8-9,22H,3-4,7,10H2,1-2H3,(H,17,21)/t16-/m0/s1. The van der Waals surface area contributed by atoms with E-state index < -0.39 is 5.60 Å². The number of amides is 1. The van der Waals surface area contributed by atoms with Crippen LogP contribution in [0, 0.1) is 0 Å². The van der Waals surface area contributed by atoms with Gasteiger partial charge in [-0.3, -0.25) is 9.48 Å². The molecule has 1 aromatic carbocycles. The number of methoxy groups -OCH3 is 1. The number of fused-ring (bicyclic) bond motifs is 1. The second kappa shape index (κ2) is 6.00. The smallest absolute Gasteiger partial charge is 0.273 e. The Kier molecular flexibility index (Phi) is 4.04. The number of hydrogen-bond acceptors (Lipinski definition) is 5. The van der Waals surface area contributed by atoms with Crippen LogP contribution in [0.25, 0.3) is 0 Å². The predicted octanol–water partition coefficient (Wildman–Crippen LogP) is 0.778. The fourth-order valence-electron chi connectivity index (χ4n) is 3.02. The Morgan fingerprint density at radius 1 is 1.52 bits per heavy atom. The molecule has 0 spiro atoms. The van der Waals surface area contributed by atoms with E-state index in [0.717, 1.165) is 29.7 Å². The van der Waals surface area contributed by atoms with Crippen molar-refractivity contribution >= 4 is 5.91 Å². The van der Waals surface area contributed by atoms with Gasteiger partial charge in [0.25, 0.3) is 5.91 Å². The summed E-state index contributed by atoms with van der Waals surface area (Å²) in [6, 6.07) is 5.66. The summed E-state index contributed by atoms with van der Waals surface area (Å²) in [5, 5.41) is 21.3. The van der Waals surface area contributed by atoms with Crippen LogP contribution in [0.2, 0.25) is 0 Å². The fourth-order valence-corrected chi connectivity index (χ4v) is 3.02. The molecule has 0 bridgehead atoms. The summed E-state index contributed by atoms with van der Waals surface area (Å²) in [5.74, 6) is 0.434. The third-order valence-electron chi connectivity index (χ3n) is 4.23. The van der Waals surface area contributed by atoms with Gasteiger partial charge in [-0.1, -0.05) is 11.3 Å². The number of ether oxygens (including phenoxy) is 1. The van der Waals surface area contributed by atoms with Crippen LogP contribution in [0.5, 0.6) is 5.75 Å². The molecule has 7 heteroatoms. The van der Waals surface area contributed by atoms with Gasteiger partial charge < -0.3 is 15.2 Å². The molecule has 7 nitrogen and oxygen atoms in total. The number of carbonyl (C=O) groups excluding carboxylic acids is 1. The Morgan fingerprint density at radius 2 is 2.35 bits per heavy atom. The predicted molar refractivity (Wildman–Crippen MR) is 83.2 cm³/mol. The van der Waals surface area contributed by atoms with E-state index in [1.54, 1.807) is 20.4 Å². The third-order valence-corrected chi connectivity index (χ3v) is 4.23. The molecule has 3 rings (SSSR count). The van der Waals surface area contributed by atoms with Gasteiger partial charge in [-0.25, -0.2) is 0 Å². The molecule has 2 aromatic rings. The summed E-state index contributed by atoms with van der Waals surface area (Å²) in [6.07, 6.45) is 3.90. The first-order valence-electron chi connectivity index (χ1n) is 7.56. The molecule has 0 fully saturated rings. The van der Waals surface area contributed by atoms with Gasteiger partial charge in [0, 0.05) is 7.05 Å². The van der Waals surface area contributed by atoms with Gasteiger partial charge in [-0.15, -0.1) is 5.10 Å². The van der Waals surface area contributed by atoms with E-state index in [2.05, 4.69) is 15.6 Å². The third kappa shape index (κ3) is 3.05. The Hall–Kier alpha value is -2.41. The molecular formula is C16H20N4O3. The van der Waals surface area contributed by atoms with Crippen LogP contribution < -0.4 is 10.1 Å². The number of nitrogens with one attached hydrogen (secondary N) is 1. The van der Waals surface area contributed by atoms with Crippen LogP contribution in [0.4, 0.5) is 0 Å². The Morgan fingerprint density at radius 3 is 3.04 bits per heavy atom. The molecule has 1 aromatic heterocycles. The quantitative estimate of drug-likeness (QED) is 0.870. The van der Waals surface area contributed by atoms with Gasteiger partial charge in [0.05, 0.1) is 19.9 Å². The van der Waals surface area contributed by atoms with Crippen molar-refractivity contribution in [1.29, 1.82) is 0 Å². The van der Waals surface area contributed by atoms with Crippen molar-refractivity contribution in [3.63, 3.8) is 0 Å².